The molecule has 0 unspecified atom stereocenters. The van der Waals surface area contributed by atoms with Crippen LogP contribution >= 0.6 is 22.9 Å². The van der Waals surface area contributed by atoms with E-state index in [9.17, 15) is 0 Å². The molecule has 2 aromatic heterocycles. The van der Waals surface area contributed by atoms with Crippen molar-refractivity contribution in [2.45, 2.75) is 26.7 Å². The first kappa shape index (κ1) is 18.7. The number of aryl methyl sites for hydroxylation is 2. The van der Waals surface area contributed by atoms with Gasteiger partial charge in [-0.15, -0.1) is 11.3 Å². The first-order chi connectivity index (χ1) is 12.6. The van der Waals surface area contributed by atoms with Crippen LogP contribution in [0.1, 0.15) is 21.1 Å². The van der Waals surface area contributed by atoms with Gasteiger partial charge in [0.05, 0.1) is 10.7 Å². The zero-order valence-corrected chi connectivity index (χ0v) is 16.9. The summed E-state index contributed by atoms with van der Waals surface area (Å²) in [6, 6.07) is 5.92. The zero-order chi connectivity index (χ0) is 18.5. The quantitative estimate of drug-likeness (QED) is 0.443. The van der Waals surface area contributed by atoms with E-state index in [0.717, 1.165) is 48.1 Å². The summed E-state index contributed by atoms with van der Waals surface area (Å²) < 4.78 is 0. The molecule has 0 atom stereocenters. The van der Waals surface area contributed by atoms with Gasteiger partial charge in [-0.1, -0.05) is 11.6 Å². The maximum Gasteiger partial charge on any atom is 0.191 e. The summed E-state index contributed by atoms with van der Waals surface area (Å²) in [6.45, 7) is 5.78. The predicted octanol–water partition coefficient (Wildman–Crippen LogP) is 3.84. The van der Waals surface area contributed by atoms with Crippen LogP contribution < -0.4 is 10.6 Å². The zero-order valence-electron chi connectivity index (χ0n) is 15.3. The number of nitrogens with zero attached hydrogens (tertiary/aromatic N) is 2. The SMILES string of the molecule is CN=C(NCCc1nc(C)c(C)s1)NCCc1c[nH]c2ccc(Cl)cc12. The first-order valence-electron chi connectivity index (χ1n) is 8.69. The van der Waals surface area contributed by atoms with Crippen LogP contribution in [0, 0.1) is 13.8 Å². The molecule has 3 rings (SSSR count). The van der Waals surface area contributed by atoms with Gasteiger partial charge in [0, 0.05) is 53.6 Å². The van der Waals surface area contributed by atoms with Gasteiger partial charge in [-0.05, 0) is 44.0 Å². The van der Waals surface area contributed by atoms with Gasteiger partial charge >= 0.3 is 0 Å². The van der Waals surface area contributed by atoms with Crippen LogP contribution in [0.3, 0.4) is 0 Å². The summed E-state index contributed by atoms with van der Waals surface area (Å²) in [4.78, 5) is 13.4. The highest BCUT2D eigenvalue weighted by atomic mass is 35.5. The van der Waals surface area contributed by atoms with Crippen molar-refractivity contribution >= 4 is 39.8 Å². The molecule has 0 aliphatic heterocycles. The number of hydrogen-bond acceptors (Lipinski definition) is 3. The summed E-state index contributed by atoms with van der Waals surface area (Å²) >= 11 is 7.88. The molecule has 0 saturated carbocycles. The van der Waals surface area contributed by atoms with Crippen molar-refractivity contribution < 1.29 is 0 Å². The monoisotopic (exact) mass is 389 g/mol. The Balaban J connectivity index is 1.47. The highest BCUT2D eigenvalue weighted by Gasteiger charge is 2.06. The van der Waals surface area contributed by atoms with Gasteiger partial charge < -0.3 is 15.6 Å². The molecule has 0 spiro atoms. The maximum atomic E-state index is 6.11. The van der Waals surface area contributed by atoms with Crippen molar-refractivity contribution in [2.24, 2.45) is 4.99 Å². The van der Waals surface area contributed by atoms with E-state index in [1.54, 1.807) is 18.4 Å². The van der Waals surface area contributed by atoms with Gasteiger partial charge in [0.1, 0.15) is 0 Å². The molecule has 0 bridgehead atoms. The number of H-pyrrole nitrogens is 1. The van der Waals surface area contributed by atoms with E-state index in [1.807, 2.05) is 24.4 Å². The molecule has 0 radical (unpaired) electrons. The van der Waals surface area contributed by atoms with Gasteiger partial charge in [-0.25, -0.2) is 4.98 Å². The van der Waals surface area contributed by atoms with Crippen molar-refractivity contribution in [2.75, 3.05) is 20.1 Å². The molecule has 0 aliphatic carbocycles. The topological polar surface area (TPSA) is 65.1 Å². The van der Waals surface area contributed by atoms with E-state index in [4.69, 9.17) is 11.6 Å². The van der Waals surface area contributed by atoms with Crippen LogP contribution in [0.25, 0.3) is 10.9 Å². The van der Waals surface area contributed by atoms with Crippen molar-refractivity contribution in [3.8, 4) is 0 Å². The smallest absolute Gasteiger partial charge is 0.191 e. The van der Waals surface area contributed by atoms with E-state index < -0.39 is 0 Å². The number of guanidine groups is 1. The third kappa shape index (κ3) is 4.56. The van der Waals surface area contributed by atoms with Gasteiger partial charge in [0.25, 0.3) is 0 Å². The van der Waals surface area contributed by atoms with E-state index >= 15 is 0 Å². The third-order valence-corrected chi connectivity index (χ3v) is 5.71. The molecule has 0 fully saturated rings. The minimum Gasteiger partial charge on any atom is -0.361 e. The lowest BCUT2D eigenvalue weighted by atomic mass is 10.1. The number of rotatable bonds is 6. The average molecular weight is 390 g/mol. The highest BCUT2D eigenvalue weighted by molar-refractivity contribution is 7.11. The summed E-state index contributed by atoms with van der Waals surface area (Å²) in [5.41, 5.74) is 3.49. The average Bonchev–Trinajstić information content (AvgIpc) is 3.16. The molecule has 3 aromatic rings. The summed E-state index contributed by atoms with van der Waals surface area (Å²) in [6.07, 6.45) is 3.85. The number of hydrogen-bond donors (Lipinski definition) is 3. The minimum atomic E-state index is 0.761. The molecule has 138 valence electrons. The summed E-state index contributed by atoms with van der Waals surface area (Å²) in [5, 5.41) is 9.82. The first-order valence-corrected chi connectivity index (χ1v) is 9.89. The molecule has 3 N–H and O–H groups in total. The molecule has 2 heterocycles. The van der Waals surface area contributed by atoms with Gasteiger partial charge in [0.2, 0.25) is 0 Å². The molecule has 5 nitrogen and oxygen atoms in total. The minimum absolute atomic E-state index is 0.761. The van der Waals surface area contributed by atoms with E-state index in [0.29, 0.717) is 0 Å². The largest absolute Gasteiger partial charge is 0.361 e. The Morgan fingerprint density at radius 1 is 1.23 bits per heavy atom. The van der Waals surface area contributed by atoms with Crippen LogP contribution in [-0.4, -0.2) is 36.1 Å². The second-order valence-electron chi connectivity index (χ2n) is 6.18. The summed E-state index contributed by atoms with van der Waals surface area (Å²) in [5.74, 6) is 0.813. The molecule has 0 aliphatic rings. The molecule has 1 aromatic carbocycles. The predicted molar refractivity (Wildman–Crippen MR) is 112 cm³/mol. The number of aromatic nitrogens is 2. The summed E-state index contributed by atoms with van der Waals surface area (Å²) in [7, 11) is 1.79. The standard InChI is InChI=1S/C19H24ClN5S/c1-12-13(2)26-18(25-12)7-9-23-19(21-3)22-8-6-14-11-24-17-5-4-15(20)10-16(14)17/h4-5,10-11,24H,6-9H2,1-3H3,(H2,21,22,23). The second kappa shape index (κ2) is 8.56. The Morgan fingerprint density at radius 3 is 2.69 bits per heavy atom. The van der Waals surface area contributed by atoms with Crippen LogP contribution in [-0.2, 0) is 12.8 Å². The third-order valence-electron chi connectivity index (χ3n) is 4.34. The Morgan fingerprint density at radius 2 is 2.00 bits per heavy atom. The van der Waals surface area contributed by atoms with E-state index in [1.165, 1.54) is 20.8 Å². The Kier molecular flexibility index (Phi) is 6.16. The Labute approximate surface area is 162 Å². The van der Waals surface area contributed by atoms with Crippen molar-refractivity contribution in [1.29, 1.82) is 0 Å². The fourth-order valence-corrected chi connectivity index (χ4v) is 3.93. The normalized spacial score (nSPS) is 11.9. The number of fused-ring (bicyclic) bond motifs is 1. The molecule has 7 heteroatoms. The second-order valence-corrected chi connectivity index (χ2v) is 7.90. The van der Waals surface area contributed by atoms with Crippen molar-refractivity contribution in [1.82, 2.24) is 20.6 Å². The van der Waals surface area contributed by atoms with Crippen molar-refractivity contribution in [3.63, 3.8) is 0 Å². The van der Waals surface area contributed by atoms with E-state index in [-0.39, 0.29) is 0 Å². The van der Waals surface area contributed by atoms with Crippen LogP contribution in [0.4, 0.5) is 0 Å². The number of halogens is 1. The van der Waals surface area contributed by atoms with E-state index in [2.05, 4.69) is 39.4 Å². The lowest BCUT2D eigenvalue weighted by molar-refractivity contribution is 0.782. The number of benzene rings is 1. The van der Waals surface area contributed by atoms with Crippen LogP contribution in [0.2, 0.25) is 5.02 Å². The Bertz CT molecular complexity index is 892. The fourth-order valence-electron chi connectivity index (χ4n) is 2.83. The number of aliphatic imine (C=N–C) groups is 1. The van der Waals surface area contributed by atoms with Crippen LogP contribution in [0.5, 0.6) is 0 Å². The Hall–Kier alpha value is -2.05. The number of aromatic amines is 1. The molecule has 26 heavy (non-hydrogen) atoms. The molecular formula is C19H24ClN5S. The van der Waals surface area contributed by atoms with Crippen molar-refractivity contribution in [3.05, 3.63) is 50.6 Å². The van der Waals surface area contributed by atoms with Gasteiger partial charge in [0.15, 0.2) is 5.96 Å². The van der Waals surface area contributed by atoms with Crippen LogP contribution in [0.15, 0.2) is 29.4 Å². The molecular weight excluding hydrogens is 366 g/mol. The highest BCUT2D eigenvalue weighted by Crippen LogP contribution is 2.22. The fraction of sp³-hybridized carbons (Fsp3) is 0.368. The number of thiazole rings is 1. The van der Waals surface area contributed by atoms with Gasteiger partial charge in [-0.3, -0.25) is 4.99 Å². The maximum absolute atomic E-state index is 6.11. The lowest BCUT2D eigenvalue weighted by Gasteiger charge is -2.11. The molecule has 0 amide bonds. The lowest BCUT2D eigenvalue weighted by Crippen LogP contribution is -2.39. The molecule has 0 saturated heterocycles. The number of nitrogens with one attached hydrogen (secondary N) is 3. The van der Waals surface area contributed by atoms with Gasteiger partial charge in [-0.2, -0.15) is 0 Å².